The smallest absolute Gasteiger partial charge is 0.411 e. The average molecular weight is 610 g/mol. The number of methoxy groups -OCH3 is 1. The van der Waals surface area contributed by atoms with Crippen molar-refractivity contribution in [1.82, 2.24) is 0 Å². The van der Waals surface area contributed by atoms with E-state index >= 15 is 4.39 Å². The Morgan fingerprint density at radius 3 is 2.53 bits per heavy atom. The summed E-state index contributed by atoms with van der Waals surface area (Å²) in [7, 11) is 1.22. The van der Waals surface area contributed by atoms with Crippen LogP contribution in [0, 0.1) is 28.6 Å². The van der Waals surface area contributed by atoms with Gasteiger partial charge >= 0.3 is 6.09 Å². The Bertz CT molecular complexity index is 1730. The van der Waals surface area contributed by atoms with Crippen molar-refractivity contribution in [2.24, 2.45) is 5.92 Å². The van der Waals surface area contributed by atoms with Gasteiger partial charge in [-0.2, -0.15) is 4.73 Å². The number of nitrogens with one attached hydrogen (secondary N) is 2. The number of nitrogens with zero attached hydrogens (tertiary/aromatic N) is 1. The average Bonchev–Trinajstić information content (AvgIpc) is 2.98. The van der Waals surface area contributed by atoms with Crippen molar-refractivity contribution in [2.75, 3.05) is 17.7 Å². The Balaban J connectivity index is 1.62. The van der Waals surface area contributed by atoms with Crippen LogP contribution in [-0.2, 0) is 9.53 Å². The van der Waals surface area contributed by atoms with Crippen molar-refractivity contribution >= 4 is 35.0 Å². The second-order valence-electron chi connectivity index (χ2n) is 10.4. The molecule has 2 amide bonds. The lowest BCUT2D eigenvalue weighted by Gasteiger charge is -2.22. The SMILES string of the molecule is COC(=O)Nc1ccc2c(c1)NC(=O)[C@@H](C)CCC[C@@H](c1ccc(-c3c(F)ccc(Cl)c3F)c[n+]1[O-])c1ccc(F)c-2c1. The largest absolute Gasteiger partial charge is 0.618 e. The minimum atomic E-state index is -0.973. The van der Waals surface area contributed by atoms with E-state index in [-0.39, 0.29) is 33.4 Å². The summed E-state index contributed by atoms with van der Waals surface area (Å²) in [4.78, 5) is 24.9. The molecule has 3 aromatic carbocycles. The molecule has 1 aliphatic heterocycles. The molecule has 2 atom stereocenters. The zero-order valence-electron chi connectivity index (χ0n) is 23.2. The van der Waals surface area contributed by atoms with E-state index in [4.69, 9.17) is 11.6 Å². The van der Waals surface area contributed by atoms with Crippen molar-refractivity contribution in [3.05, 3.63) is 106 Å². The Kier molecular flexibility index (Phi) is 8.59. The lowest BCUT2D eigenvalue weighted by molar-refractivity contribution is -0.614. The van der Waals surface area contributed by atoms with Crippen LogP contribution in [0.25, 0.3) is 22.3 Å². The van der Waals surface area contributed by atoms with Crippen LogP contribution in [0.3, 0.4) is 0 Å². The molecule has 43 heavy (non-hydrogen) atoms. The minimum absolute atomic E-state index is 0.0137. The predicted molar refractivity (Wildman–Crippen MR) is 157 cm³/mol. The van der Waals surface area contributed by atoms with Crippen LogP contribution in [0.1, 0.15) is 43.4 Å². The van der Waals surface area contributed by atoms with E-state index in [1.807, 2.05) is 0 Å². The zero-order chi connectivity index (χ0) is 30.8. The van der Waals surface area contributed by atoms with Gasteiger partial charge in [-0.15, -0.1) is 0 Å². The fourth-order valence-electron chi connectivity index (χ4n) is 5.30. The molecule has 0 unspecified atom stereocenters. The molecule has 1 aliphatic rings. The number of carbonyl (C=O) groups is 2. The summed E-state index contributed by atoms with van der Waals surface area (Å²) in [5.41, 5.74) is 1.68. The van der Waals surface area contributed by atoms with Crippen LogP contribution >= 0.6 is 11.6 Å². The van der Waals surface area contributed by atoms with Gasteiger partial charge in [-0.3, -0.25) is 10.1 Å². The highest BCUT2D eigenvalue weighted by Crippen LogP contribution is 2.38. The first-order valence-corrected chi connectivity index (χ1v) is 13.9. The van der Waals surface area contributed by atoms with Crippen molar-refractivity contribution in [1.29, 1.82) is 0 Å². The first-order chi connectivity index (χ1) is 20.6. The predicted octanol–water partition coefficient (Wildman–Crippen LogP) is 7.79. The van der Waals surface area contributed by atoms with Crippen LogP contribution in [0.4, 0.5) is 29.3 Å². The first kappa shape index (κ1) is 29.9. The number of hydrogen-bond acceptors (Lipinski definition) is 4. The molecule has 2 bridgehead atoms. The van der Waals surface area contributed by atoms with Crippen LogP contribution in [0.5, 0.6) is 0 Å². The van der Waals surface area contributed by atoms with Crippen molar-refractivity contribution in [3.8, 4) is 22.3 Å². The number of benzene rings is 3. The number of aromatic nitrogens is 1. The Morgan fingerprint density at radius 1 is 1.02 bits per heavy atom. The van der Waals surface area contributed by atoms with Crippen molar-refractivity contribution in [3.63, 3.8) is 0 Å². The molecule has 0 aliphatic carbocycles. The van der Waals surface area contributed by atoms with Gasteiger partial charge in [-0.1, -0.05) is 37.1 Å². The number of halogens is 4. The topological polar surface area (TPSA) is 94.4 Å². The number of anilines is 2. The molecule has 5 rings (SSSR count). The van der Waals surface area contributed by atoms with E-state index in [1.165, 1.54) is 31.4 Å². The number of ether oxygens (including phenoxy) is 1. The lowest BCUT2D eigenvalue weighted by Crippen LogP contribution is -2.34. The third-order valence-corrected chi connectivity index (χ3v) is 7.90. The number of rotatable bonds is 3. The number of fused-ring (bicyclic) bond motifs is 4. The summed E-state index contributed by atoms with van der Waals surface area (Å²) >= 11 is 5.85. The maximum absolute atomic E-state index is 15.4. The molecule has 0 fully saturated rings. The summed E-state index contributed by atoms with van der Waals surface area (Å²) in [6.07, 6.45) is 1.86. The second kappa shape index (κ2) is 12.3. The van der Waals surface area contributed by atoms with E-state index < -0.39 is 40.9 Å². The molecule has 2 N–H and O–H groups in total. The molecule has 1 aromatic heterocycles. The minimum Gasteiger partial charge on any atom is -0.618 e. The Labute approximate surface area is 250 Å². The van der Waals surface area contributed by atoms with Crippen molar-refractivity contribution < 1.29 is 32.2 Å². The van der Waals surface area contributed by atoms with Gasteiger partial charge in [-0.05, 0) is 60.9 Å². The van der Waals surface area contributed by atoms with Gasteiger partial charge in [0.15, 0.2) is 17.7 Å². The van der Waals surface area contributed by atoms with E-state index in [9.17, 15) is 23.6 Å². The second-order valence-corrected chi connectivity index (χ2v) is 10.8. The summed E-state index contributed by atoms with van der Waals surface area (Å²) in [5.74, 6) is -3.64. The van der Waals surface area contributed by atoms with Crippen molar-refractivity contribution in [2.45, 2.75) is 32.1 Å². The van der Waals surface area contributed by atoms with Crippen LogP contribution in [-0.4, -0.2) is 19.1 Å². The first-order valence-electron chi connectivity index (χ1n) is 13.5. The number of hydrogen-bond donors (Lipinski definition) is 2. The van der Waals surface area contributed by atoms with E-state index in [0.29, 0.717) is 40.8 Å². The fourth-order valence-corrected chi connectivity index (χ4v) is 5.46. The molecular formula is C32H27ClF3N3O4. The Hall–Kier alpha value is -4.57. The summed E-state index contributed by atoms with van der Waals surface area (Å²) in [6.45, 7) is 1.77. The van der Waals surface area contributed by atoms with Gasteiger partial charge < -0.3 is 15.3 Å². The molecule has 2 heterocycles. The fraction of sp³-hybridized carbons (Fsp3) is 0.219. The lowest BCUT2D eigenvalue weighted by atomic mass is 9.86. The van der Waals surface area contributed by atoms with E-state index in [0.717, 1.165) is 18.3 Å². The Morgan fingerprint density at radius 2 is 1.79 bits per heavy atom. The quantitative estimate of drug-likeness (QED) is 0.141. The molecule has 222 valence electrons. The van der Waals surface area contributed by atoms with Gasteiger partial charge in [0.05, 0.1) is 34.9 Å². The number of pyridine rings is 1. The zero-order valence-corrected chi connectivity index (χ0v) is 24.0. The highest BCUT2D eigenvalue weighted by Gasteiger charge is 2.27. The van der Waals surface area contributed by atoms with E-state index in [2.05, 4.69) is 15.4 Å². The third kappa shape index (κ3) is 6.15. The maximum Gasteiger partial charge on any atom is 0.411 e. The van der Waals surface area contributed by atoms with Gasteiger partial charge in [0.25, 0.3) is 0 Å². The molecule has 0 spiro atoms. The molecule has 0 radical (unpaired) electrons. The van der Waals surface area contributed by atoms with Gasteiger partial charge in [0.2, 0.25) is 5.91 Å². The summed E-state index contributed by atoms with van der Waals surface area (Å²) in [6, 6.07) is 14.2. The van der Waals surface area contributed by atoms with Crippen LogP contribution in [0.15, 0.2) is 66.9 Å². The standard InChI is InChI=1S/C32H27ClF3N3O4/c1-17-4-3-5-21(28-13-7-19(16-39(28)42)29-26(35)12-10-24(33)30(29)36)18-6-11-25(34)23(14-18)22-9-8-20(37-32(41)43-2)15-27(22)38-31(17)40/h6-17,21H,3-5H2,1-2H3,(H,37,41)(H,38,40)/t17-,21+/m0/s1. The summed E-state index contributed by atoms with van der Waals surface area (Å²) in [5, 5.41) is 18.5. The highest BCUT2D eigenvalue weighted by molar-refractivity contribution is 6.31. The maximum atomic E-state index is 15.4. The molecule has 11 heteroatoms. The number of carbonyl (C=O) groups excluding carboxylic acids is 2. The van der Waals surface area contributed by atoms with Gasteiger partial charge in [-0.25, -0.2) is 18.0 Å². The normalized spacial score (nSPS) is 16.7. The van der Waals surface area contributed by atoms with Crippen LogP contribution < -0.4 is 15.4 Å². The number of amides is 2. The monoisotopic (exact) mass is 609 g/mol. The van der Waals surface area contributed by atoms with Gasteiger partial charge in [0, 0.05) is 28.8 Å². The molecular weight excluding hydrogens is 583 g/mol. The third-order valence-electron chi connectivity index (χ3n) is 7.60. The summed E-state index contributed by atoms with van der Waals surface area (Å²) < 4.78 is 49.8. The highest BCUT2D eigenvalue weighted by atomic mass is 35.5. The van der Waals surface area contributed by atoms with Crippen LogP contribution in [0.2, 0.25) is 5.02 Å². The molecule has 4 aromatic rings. The molecule has 0 saturated heterocycles. The van der Waals surface area contributed by atoms with E-state index in [1.54, 1.807) is 31.2 Å². The molecule has 7 nitrogen and oxygen atoms in total. The van der Waals surface area contributed by atoms with Gasteiger partial charge in [0.1, 0.15) is 11.6 Å². The molecule has 0 saturated carbocycles.